The standard InChI is InChI=1S/C15H24N2O/c1-12-6-8-14(9-7-12)11-13(2)17(3)15(18)5-4-10-16/h6-9,13H,4-5,10-11,16H2,1-3H3/t13-/m0/s1. The van der Waals surface area contributed by atoms with E-state index in [1.807, 2.05) is 11.9 Å². The van der Waals surface area contributed by atoms with Crippen LogP contribution in [-0.2, 0) is 11.2 Å². The van der Waals surface area contributed by atoms with Gasteiger partial charge in [0.05, 0.1) is 0 Å². The Morgan fingerprint density at radius 1 is 1.33 bits per heavy atom. The first kappa shape index (κ1) is 14.7. The number of carbonyl (C=O) groups excluding carboxylic acids is 1. The van der Waals surface area contributed by atoms with Gasteiger partial charge in [0, 0.05) is 19.5 Å². The van der Waals surface area contributed by atoms with Crippen molar-refractivity contribution in [3.05, 3.63) is 35.4 Å². The van der Waals surface area contributed by atoms with Gasteiger partial charge in [-0.05, 0) is 38.8 Å². The fraction of sp³-hybridized carbons (Fsp3) is 0.533. The van der Waals surface area contributed by atoms with Crippen LogP contribution in [0, 0.1) is 6.92 Å². The summed E-state index contributed by atoms with van der Waals surface area (Å²) in [6, 6.07) is 8.70. The van der Waals surface area contributed by atoms with Gasteiger partial charge in [-0.1, -0.05) is 29.8 Å². The number of rotatable bonds is 6. The van der Waals surface area contributed by atoms with Gasteiger partial charge in [-0.3, -0.25) is 4.79 Å². The van der Waals surface area contributed by atoms with Crippen LogP contribution in [0.2, 0.25) is 0 Å². The van der Waals surface area contributed by atoms with Crippen LogP contribution in [0.4, 0.5) is 0 Å². The number of benzene rings is 1. The highest BCUT2D eigenvalue weighted by Crippen LogP contribution is 2.10. The molecule has 1 rings (SSSR count). The maximum Gasteiger partial charge on any atom is 0.222 e. The average molecular weight is 248 g/mol. The summed E-state index contributed by atoms with van der Waals surface area (Å²) < 4.78 is 0. The molecule has 18 heavy (non-hydrogen) atoms. The molecule has 100 valence electrons. The lowest BCUT2D eigenvalue weighted by Gasteiger charge is -2.25. The van der Waals surface area contributed by atoms with E-state index in [1.54, 1.807) is 0 Å². The van der Waals surface area contributed by atoms with Gasteiger partial charge in [0.25, 0.3) is 0 Å². The molecule has 0 saturated heterocycles. The normalized spacial score (nSPS) is 12.2. The summed E-state index contributed by atoms with van der Waals surface area (Å²) in [5, 5.41) is 0. The molecule has 0 fully saturated rings. The lowest BCUT2D eigenvalue weighted by Crippen LogP contribution is -2.36. The quantitative estimate of drug-likeness (QED) is 0.838. The smallest absolute Gasteiger partial charge is 0.222 e. The largest absolute Gasteiger partial charge is 0.343 e. The van der Waals surface area contributed by atoms with Gasteiger partial charge < -0.3 is 10.6 Å². The van der Waals surface area contributed by atoms with E-state index in [2.05, 4.69) is 38.1 Å². The summed E-state index contributed by atoms with van der Waals surface area (Å²) in [4.78, 5) is 13.7. The highest BCUT2D eigenvalue weighted by Gasteiger charge is 2.15. The molecule has 0 heterocycles. The van der Waals surface area contributed by atoms with Crippen molar-refractivity contribution in [3.63, 3.8) is 0 Å². The van der Waals surface area contributed by atoms with Gasteiger partial charge in [-0.25, -0.2) is 0 Å². The Balaban J connectivity index is 2.51. The van der Waals surface area contributed by atoms with E-state index >= 15 is 0 Å². The zero-order valence-electron chi connectivity index (χ0n) is 11.6. The first-order valence-electron chi connectivity index (χ1n) is 6.56. The molecule has 2 N–H and O–H groups in total. The van der Waals surface area contributed by atoms with Gasteiger partial charge in [0.1, 0.15) is 0 Å². The second-order valence-corrected chi connectivity index (χ2v) is 4.94. The minimum Gasteiger partial charge on any atom is -0.343 e. The van der Waals surface area contributed by atoms with Crippen molar-refractivity contribution >= 4 is 5.91 Å². The van der Waals surface area contributed by atoms with E-state index in [-0.39, 0.29) is 11.9 Å². The van der Waals surface area contributed by atoms with Crippen LogP contribution in [-0.4, -0.2) is 30.4 Å². The van der Waals surface area contributed by atoms with Gasteiger partial charge >= 0.3 is 0 Å². The van der Waals surface area contributed by atoms with Gasteiger partial charge in [0.2, 0.25) is 5.91 Å². The lowest BCUT2D eigenvalue weighted by molar-refractivity contribution is -0.131. The number of amides is 1. The van der Waals surface area contributed by atoms with E-state index in [0.717, 1.165) is 12.8 Å². The van der Waals surface area contributed by atoms with Crippen molar-refractivity contribution in [2.75, 3.05) is 13.6 Å². The molecule has 0 aliphatic heterocycles. The molecule has 0 bridgehead atoms. The third-order valence-electron chi connectivity index (χ3n) is 3.30. The van der Waals surface area contributed by atoms with Crippen molar-refractivity contribution < 1.29 is 4.79 Å². The number of hydrogen-bond acceptors (Lipinski definition) is 2. The van der Waals surface area contributed by atoms with Crippen LogP contribution in [0.1, 0.15) is 30.9 Å². The topological polar surface area (TPSA) is 46.3 Å². The van der Waals surface area contributed by atoms with Crippen LogP contribution >= 0.6 is 0 Å². The molecule has 0 aromatic heterocycles. The summed E-state index contributed by atoms with van der Waals surface area (Å²) in [5.74, 6) is 0.181. The van der Waals surface area contributed by atoms with Crippen molar-refractivity contribution in [2.45, 2.75) is 39.2 Å². The first-order chi connectivity index (χ1) is 8.54. The van der Waals surface area contributed by atoms with Gasteiger partial charge in [-0.2, -0.15) is 0 Å². The molecule has 3 heteroatoms. The minimum atomic E-state index is 0.181. The van der Waals surface area contributed by atoms with Crippen LogP contribution in [0.25, 0.3) is 0 Å². The molecule has 0 spiro atoms. The summed E-state index contributed by atoms with van der Waals surface area (Å²) in [5.41, 5.74) is 7.95. The Labute approximate surface area is 110 Å². The molecule has 1 amide bonds. The molecule has 0 aliphatic carbocycles. The molecular weight excluding hydrogens is 224 g/mol. The minimum absolute atomic E-state index is 0.181. The van der Waals surface area contributed by atoms with Crippen molar-refractivity contribution in [3.8, 4) is 0 Å². The van der Waals surface area contributed by atoms with Crippen LogP contribution in [0.15, 0.2) is 24.3 Å². The fourth-order valence-corrected chi connectivity index (χ4v) is 1.88. The molecule has 1 aromatic carbocycles. The highest BCUT2D eigenvalue weighted by molar-refractivity contribution is 5.76. The number of carbonyl (C=O) groups is 1. The van der Waals surface area contributed by atoms with Crippen molar-refractivity contribution in [2.24, 2.45) is 5.73 Å². The Kier molecular flexibility index (Phi) is 5.86. The monoisotopic (exact) mass is 248 g/mol. The Bertz CT molecular complexity index is 373. The third kappa shape index (κ3) is 4.49. The number of nitrogens with two attached hydrogens (primary N) is 1. The number of hydrogen-bond donors (Lipinski definition) is 1. The Morgan fingerprint density at radius 2 is 1.94 bits per heavy atom. The van der Waals surface area contributed by atoms with E-state index in [0.29, 0.717) is 13.0 Å². The number of likely N-dealkylation sites (N-methyl/N-ethyl adjacent to an activating group) is 1. The maximum absolute atomic E-state index is 11.9. The maximum atomic E-state index is 11.9. The predicted octanol–water partition coefficient (Wildman–Crippen LogP) is 2.12. The number of nitrogens with zero attached hydrogens (tertiary/aromatic N) is 1. The summed E-state index contributed by atoms with van der Waals surface area (Å²) in [6.45, 7) is 4.74. The van der Waals surface area contributed by atoms with Gasteiger partial charge in [0.15, 0.2) is 0 Å². The summed E-state index contributed by atoms with van der Waals surface area (Å²) in [7, 11) is 1.87. The fourth-order valence-electron chi connectivity index (χ4n) is 1.88. The first-order valence-corrected chi connectivity index (χ1v) is 6.56. The van der Waals surface area contributed by atoms with E-state index in [1.165, 1.54) is 11.1 Å². The molecule has 3 nitrogen and oxygen atoms in total. The second-order valence-electron chi connectivity index (χ2n) is 4.94. The van der Waals surface area contributed by atoms with Crippen LogP contribution in [0.3, 0.4) is 0 Å². The third-order valence-corrected chi connectivity index (χ3v) is 3.30. The second kappa shape index (κ2) is 7.17. The van der Waals surface area contributed by atoms with Crippen molar-refractivity contribution in [1.82, 2.24) is 4.90 Å². The zero-order valence-corrected chi connectivity index (χ0v) is 11.6. The molecule has 0 saturated carbocycles. The molecule has 0 unspecified atom stereocenters. The Morgan fingerprint density at radius 3 is 2.50 bits per heavy atom. The zero-order chi connectivity index (χ0) is 13.5. The summed E-state index contributed by atoms with van der Waals surface area (Å²) >= 11 is 0. The molecule has 1 atom stereocenters. The van der Waals surface area contributed by atoms with E-state index in [9.17, 15) is 4.79 Å². The molecule has 0 radical (unpaired) electrons. The average Bonchev–Trinajstić information content (AvgIpc) is 2.37. The Hall–Kier alpha value is -1.35. The SMILES string of the molecule is Cc1ccc(C[C@H](C)N(C)C(=O)CCCN)cc1. The molecule has 1 aromatic rings. The predicted molar refractivity (Wildman–Crippen MR) is 75.4 cm³/mol. The van der Waals surface area contributed by atoms with Crippen LogP contribution in [0.5, 0.6) is 0 Å². The highest BCUT2D eigenvalue weighted by atomic mass is 16.2. The van der Waals surface area contributed by atoms with Crippen molar-refractivity contribution in [1.29, 1.82) is 0 Å². The van der Waals surface area contributed by atoms with E-state index in [4.69, 9.17) is 5.73 Å². The molecular formula is C15H24N2O. The van der Waals surface area contributed by atoms with Gasteiger partial charge in [-0.15, -0.1) is 0 Å². The molecule has 0 aliphatic rings. The lowest BCUT2D eigenvalue weighted by atomic mass is 10.0. The van der Waals surface area contributed by atoms with Crippen LogP contribution < -0.4 is 5.73 Å². The van der Waals surface area contributed by atoms with E-state index < -0.39 is 0 Å². The number of aryl methyl sites for hydroxylation is 1. The summed E-state index contributed by atoms with van der Waals surface area (Å²) in [6.07, 6.45) is 2.21.